The first-order valence-corrected chi connectivity index (χ1v) is 4.78. The Bertz CT molecular complexity index is 242. The van der Waals surface area contributed by atoms with Crippen LogP contribution in [0.1, 0.15) is 12.8 Å². The van der Waals surface area contributed by atoms with Gasteiger partial charge in [-0.3, -0.25) is 0 Å². The third kappa shape index (κ3) is 2.46. The number of rotatable bonds is 2. The molecule has 1 aliphatic heterocycles. The van der Waals surface area contributed by atoms with Gasteiger partial charge >= 0.3 is 0 Å². The van der Waals surface area contributed by atoms with Gasteiger partial charge < -0.3 is 10.1 Å². The van der Waals surface area contributed by atoms with Gasteiger partial charge in [-0.05, 0) is 44.1 Å². The van der Waals surface area contributed by atoms with Crippen molar-refractivity contribution in [2.45, 2.75) is 18.9 Å². The molecule has 1 saturated heterocycles. The van der Waals surface area contributed by atoms with Crippen LogP contribution in [0.5, 0.6) is 5.75 Å². The highest BCUT2D eigenvalue weighted by molar-refractivity contribution is 5.20. The molecule has 1 radical (unpaired) electrons. The van der Waals surface area contributed by atoms with Crippen LogP contribution >= 0.6 is 0 Å². The second-order valence-corrected chi connectivity index (χ2v) is 3.31. The van der Waals surface area contributed by atoms with Gasteiger partial charge in [0.15, 0.2) is 0 Å². The number of nitrogens with one attached hydrogen (secondary N) is 1. The van der Waals surface area contributed by atoms with Crippen molar-refractivity contribution < 1.29 is 4.74 Å². The van der Waals surface area contributed by atoms with Crippen molar-refractivity contribution in [1.82, 2.24) is 5.32 Å². The fraction of sp³-hybridized carbons (Fsp3) is 0.455. The van der Waals surface area contributed by atoms with Crippen molar-refractivity contribution in [2.75, 3.05) is 13.1 Å². The molecule has 2 nitrogen and oxygen atoms in total. The summed E-state index contributed by atoms with van der Waals surface area (Å²) in [6.45, 7) is 2.14. The predicted molar refractivity (Wildman–Crippen MR) is 51.8 cm³/mol. The molecule has 0 unspecified atom stereocenters. The van der Waals surface area contributed by atoms with Crippen molar-refractivity contribution in [2.24, 2.45) is 0 Å². The molecule has 0 amide bonds. The number of ether oxygens (including phenoxy) is 1. The summed E-state index contributed by atoms with van der Waals surface area (Å²) in [5.41, 5.74) is 0. The first kappa shape index (κ1) is 8.57. The Labute approximate surface area is 78.9 Å². The topological polar surface area (TPSA) is 21.3 Å². The Morgan fingerprint density at radius 2 is 2.23 bits per heavy atom. The Hall–Kier alpha value is -1.02. The van der Waals surface area contributed by atoms with Crippen LogP contribution in [0.3, 0.4) is 0 Å². The SMILES string of the molecule is [c]1cccc(OC2CCNCC2)c1. The molecule has 1 N–H and O–H groups in total. The summed E-state index contributed by atoms with van der Waals surface area (Å²) in [5.74, 6) is 0.939. The maximum absolute atomic E-state index is 5.78. The van der Waals surface area contributed by atoms with Gasteiger partial charge in [-0.25, -0.2) is 0 Å². The molecule has 1 aromatic carbocycles. The molecule has 13 heavy (non-hydrogen) atoms. The molecule has 1 aromatic rings. The average Bonchev–Trinajstić information content (AvgIpc) is 2.21. The van der Waals surface area contributed by atoms with E-state index in [1.807, 2.05) is 24.3 Å². The summed E-state index contributed by atoms with van der Waals surface area (Å²) in [4.78, 5) is 0. The van der Waals surface area contributed by atoms with Gasteiger partial charge in [0.2, 0.25) is 0 Å². The highest BCUT2D eigenvalue weighted by Gasteiger charge is 2.13. The third-order valence-electron chi connectivity index (χ3n) is 2.27. The normalized spacial score (nSPS) is 18.5. The summed E-state index contributed by atoms with van der Waals surface area (Å²) in [7, 11) is 0. The van der Waals surface area contributed by atoms with Gasteiger partial charge in [0.25, 0.3) is 0 Å². The molecular formula is C11H14NO. The van der Waals surface area contributed by atoms with E-state index in [4.69, 9.17) is 4.74 Å². The Balaban J connectivity index is 1.90. The van der Waals surface area contributed by atoms with Gasteiger partial charge in [-0.2, -0.15) is 0 Å². The zero-order chi connectivity index (χ0) is 8.93. The van der Waals surface area contributed by atoms with E-state index in [0.717, 1.165) is 31.7 Å². The van der Waals surface area contributed by atoms with Crippen molar-refractivity contribution in [1.29, 1.82) is 0 Å². The molecule has 2 rings (SSSR count). The molecule has 1 fully saturated rings. The van der Waals surface area contributed by atoms with E-state index in [1.54, 1.807) is 0 Å². The second-order valence-electron chi connectivity index (χ2n) is 3.31. The molecule has 1 heterocycles. The van der Waals surface area contributed by atoms with Gasteiger partial charge in [0.1, 0.15) is 11.9 Å². The summed E-state index contributed by atoms with van der Waals surface area (Å²) < 4.78 is 5.78. The molecule has 0 spiro atoms. The molecule has 0 atom stereocenters. The molecule has 0 saturated carbocycles. The molecule has 1 aliphatic rings. The minimum absolute atomic E-state index is 0.386. The van der Waals surface area contributed by atoms with E-state index in [-0.39, 0.29) is 0 Å². The molecule has 0 aliphatic carbocycles. The van der Waals surface area contributed by atoms with Gasteiger partial charge in [-0.1, -0.05) is 12.1 Å². The lowest BCUT2D eigenvalue weighted by Gasteiger charge is -2.23. The van der Waals surface area contributed by atoms with Crippen molar-refractivity contribution in [3.05, 3.63) is 30.3 Å². The zero-order valence-electron chi connectivity index (χ0n) is 7.62. The molecular weight excluding hydrogens is 162 g/mol. The van der Waals surface area contributed by atoms with E-state index < -0.39 is 0 Å². The van der Waals surface area contributed by atoms with Crippen LogP contribution in [0.15, 0.2) is 24.3 Å². The van der Waals surface area contributed by atoms with E-state index in [1.165, 1.54) is 0 Å². The number of piperidine rings is 1. The van der Waals surface area contributed by atoms with E-state index in [9.17, 15) is 0 Å². The van der Waals surface area contributed by atoms with E-state index in [2.05, 4.69) is 11.4 Å². The molecule has 0 aromatic heterocycles. The lowest BCUT2D eigenvalue weighted by atomic mass is 10.1. The minimum Gasteiger partial charge on any atom is -0.490 e. The van der Waals surface area contributed by atoms with Crippen LogP contribution in [0.2, 0.25) is 0 Å². The van der Waals surface area contributed by atoms with Gasteiger partial charge in [-0.15, -0.1) is 0 Å². The predicted octanol–water partition coefficient (Wildman–Crippen LogP) is 1.62. The highest BCUT2D eigenvalue weighted by Crippen LogP contribution is 2.15. The largest absolute Gasteiger partial charge is 0.490 e. The van der Waals surface area contributed by atoms with Crippen LogP contribution in [0.4, 0.5) is 0 Å². The maximum Gasteiger partial charge on any atom is 0.120 e. The quantitative estimate of drug-likeness (QED) is 0.739. The first-order chi connectivity index (χ1) is 6.45. The Morgan fingerprint density at radius 3 is 2.92 bits per heavy atom. The summed E-state index contributed by atoms with van der Waals surface area (Å²) in [6.07, 6.45) is 2.60. The van der Waals surface area contributed by atoms with Crippen molar-refractivity contribution in [3.8, 4) is 5.75 Å². The van der Waals surface area contributed by atoms with Crippen LogP contribution < -0.4 is 10.1 Å². The lowest BCUT2D eigenvalue weighted by Crippen LogP contribution is -2.34. The first-order valence-electron chi connectivity index (χ1n) is 4.78. The number of benzene rings is 1. The second kappa shape index (κ2) is 4.28. The van der Waals surface area contributed by atoms with Crippen molar-refractivity contribution in [3.63, 3.8) is 0 Å². The van der Waals surface area contributed by atoms with Gasteiger partial charge in [0.05, 0.1) is 0 Å². The Morgan fingerprint density at radius 1 is 1.38 bits per heavy atom. The van der Waals surface area contributed by atoms with E-state index >= 15 is 0 Å². The van der Waals surface area contributed by atoms with Crippen LogP contribution in [-0.2, 0) is 0 Å². The molecule has 69 valence electrons. The smallest absolute Gasteiger partial charge is 0.120 e. The summed E-state index contributed by atoms with van der Waals surface area (Å²) >= 11 is 0. The molecule has 0 bridgehead atoms. The lowest BCUT2D eigenvalue weighted by molar-refractivity contribution is 0.162. The van der Waals surface area contributed by atoms with E-state index in [0.29, 0.717) is 6.10 Å². The van der Waals surface area contributed by atoms with Crippen LogP contribution in [0.25, 0.3) is 0 Å². The van der Waals surface area contributed by atoms with Crippen LogP contribution in [0, 0.1) is 6.07 Å². The molecule has 2 heteroatoms. The average molecular weight is 176 g/mol. The summed E-state index contributed by atoms with van der Waals surface area (Å²) in [6, 6.07) is 10.7. The van der Waals surface area contributed by atoms with Crippen molar-refractivity contribution >= 4 is 0 Å². The maximum atomic E-state index is 5.78. The fourth-order valence-electron chi connectivity index (χ4n) is 1.56. The number of hydrogen-bond donors (Lipinski definition) is 1. The summed E-state index contributed by atoms with van der Waals surface area (Å²) in [5, 5.41) is 3.31. The van der Waals surface area contributed by atoms with Crippen LogP contribution in [-0.4, -0.2) is 19.2 Å². The Kier molecular flexibility index (Phi) is 2.82. The highest BCUT2D eigenvalue weighted by atomic mass is 16.5. The number of hydrogen-bond acceptors (Lipinski definition) is 2. The third-order valence-corrected chi connectivity index (χ3v) is 2.27. The standard InChI is InChI=1S/C11H14NO/c1-2-4-10(5-3-1)13-11-6-8-12-9-7-11/h1-2,4-5,11-12H,6-9H2. The zero-order valence-corrected chi connectivity index (χ0v) is 7.62. The fourth-order valence-corrected chi connectivity index (χ4v) is 1.56. The minimum atomic E-state index is 0.386. The van der Waals surface area contributed by atoms with Gasteiger partial charge in [0, 0.05) is 0 Å². The monoisotopic (exact) mass is 176 g/mol.